The van der Waals surface area contributed by atoms with E-state index in [2.05, 4.69) is 28.5 Å². The first-order valence-electron chi connectivity index (χ1n) is 8.67. The SMILES string of the molecule is CN1CCC2=NNC(c3ccc(OCc4ccccc4)c(Cl)c3)C2C1. The van der Waals surface area contributed by atoms with Crippen LogP contribution < -0.4 is 10.2 Å². The molecule has 4 nitrogen and oxygen atoms in total. The van der Waals surface area contributed by atoms with Crippen LogP contribution in [0.3, 0.4) is 0 Å². The highest BCUT2D eigenvalue weighted by Gasteiger charge is 2.36. The molecule has 2 heterocycles. The van der Waals surface area contributed by atoms with Crippen molar-refractivity contribution in [3.63, 3.8) is 0 Å². The zero-order chi connectivity index (χ0) is 17.2. The minimum atomic E-state index is 0.193. The van der Waals surface area contributed by atoms with Crippen molar-refractivity contribution < 1.29 is 4.74 Å². The number of rotatable bonds is 4. The second-order valence-electron chi connectivity index (χ2n) is 6.79. The molecule has 2 atom stereocenters. The molecule has 0 spiro atoms. The van der Waals surface area contributed by atoms with Crippen LogP contribution >= 0.6 is 11.6 Å². The fourth-order valence-corrected chi connectivity index (χ4v) is 3.82. The van der Waals surface area contributed by atoms with Gasteiger partial charge >= 0.3 is 0 Å². The minimum Gasteiger partial charge on any atom is -0.487 e. The second-order valence-corrected chi connectivity index (χ2v) is 7.20. The van der Waals surface area contributed by atoms with Crippen molar-refractivity contribution in [3.05, 3.63) is 64.7 Å². The Morgan fingerprint density at radius 1 is 1.24 bits per heavy atom. The van der Waals surface area contributed by atoms with E-state index in [0.29, 0.717) is 23.3 Å². The molecule has 1 saturated heterocycles. The van der Waals surface area contributed by atoms with E-state index in [1.807, 2.05) is 42.5 Å². The molecular formula is C20H22ClN3O. The number of ether oxygens (including phenoxy) is 1. The maximum atomic E-state index is 6.48. The molecule has 1 N–H and O–H groups in total. The molecule has 0 aromatic heterocycles. The van der Waals surface area contributed by atoms with Gasteiger partial charge < -0.3 is 15.1 Å². The fraction of sp³-hybridized carbons (Fsp3) is 0.350. The van der Waals surface area contributed by atoms with Gasteiger partial charge in [-0.3, -0.25) is 0 Å². The largest absolute Gasteiger partial charge is 0.487 e. The Morgan fingerprint density at radius 3 is 2.88 bits per heavy atom. The van der Waals surface area contributed by atoms with Gasteiger partial charge in [0.25, 0.3) is 0 Å². The lowest BCUT2D eigenvalue weighted by atomic mass is 9.86. The van der Waals surface area contributed by atoms with Crippen molar-refractivity contribution in [1.82, 2.24) is 10.3 Å². The predicted octanol–water partition coefficient (Wildman–Crippen LogP) is 3.87. The maximum absolute atomic E-state index is 6.48. The van der Waals surface area contributed by atoms with Crippen molar-refractivity contribution in [3.8, 4) is 5.75 Å². The molecule has 0 aliphatic carbocycles. The Kier molecular flexibility index (Phi) is 4.64. The number of hydrogen-bond acceptors (Lipinski definition) is 4. The number of hydrazone groups is 1. The summed E-state index contributed by atoms with van der Waals surface area (Å²) in [5.41, 5.74) is 6.87. The van der Waals surface area contributed by atoms with Gasteiger partial charge in [-0.1, -0.05) is 48.0 Å². The smallest absolute Gasteiger partial charge is 0.138 e. The van der Waals surface area contributed by atoms with E-state index in [1.54, 1.807) is 0 Å². The van der Waals surface area contributed by atoms with Crippen LogP contribution in [-0.2, 0) is 6.61 Å². The van der Waals surface area contributed by atoms with Crippen LogP contribution in [-0.4, -0.2) is 30.7 Å². The van der Waals surface area contributed by atoms with Gasteiger partial charge in [0.05, 0.1) is 11.1 Å². The zero-order valence-electron chi connectivity index (χ0n) is 14.3. The van der Waals surface area contributed by atoms with Crippen molar-refractivity contribution in [2.75, 3.05) is 20.1 Å². The summed E-state index contributed by atoms with van der Waals surface area (Å²) in [6.45, 7) is 2.62. The van der Waals surface area contributed by atoms with Crippen LogP contribution in [0.5, 0.6) is 5.75 Å². The van der Waals surface area contributed by atoms with Crippen LogP contribution in [0.1, 0.15) is 23.6 Å². The van der Waals surface area contributed by atoms with Crippen LogP contribution in [0.2, 0.25) is 5.02 Å². The van der Waals surface area contributed by atoms with Gasteiger partial charge in [0.1, 0.15) is 12.4 Å². The molecule has 5 heteroatoms. The standard InChI is InChI=1S/C20H22ClN3O/c1-24-10-9-18-16(12-24)20(23-22-18)15-7-8-19(17(21)11-15)25-13-14-5-3-2-4-6-14/h2-8,11,16,20,23H,9-10,12-13H2,1H3. The summed E-state index contributed by atoms with van der Waals surface area (Å²) in [6.07, 6.45) is 1.04. The quantitative estimate of drug-likeness (QED) is 0.904. The number of nitrogens with zero attached hydrogens (tertiary/aromatic N) is 2. The average Bonchev–Trinajstić information content (AvgIpc) is 3.04. The van der Waals surface area contributed by atoms with Crippen LogP contribution in [0.4, 0.5) is 0 Å². The van der Waals surface area contributed by atoms with Gasteiger partial charge in [-0.2, -0.15) is 5.10 Å². The summed E-state index contributed by atoms with van der Waals surface area (Å²) in [5.74, 6) is 1.14. The summed E-state index contributed by atoms with van der Waals surface area (Å²) in [6, 6.07) is 16.4. The van der Waals surface area contributed by atoms with Crippen molar-refractivity contribution in [2.45, 2.75) is 19.1 Å². The number of piperidine rings is 1. The highest BCUT2D eigenvalue weighted by atomic mass is 35.5. The molecule has 2 aromatic rings. The normalized spacial score (nSPS) is 22.9. The van der Waals surface area contributed by atoms with Gasteiger partial charge in [0.2, 0.25) is 0 Å². The summed E-state index contributed by atoms with van der Waals surface area (Å²) in [5, 5.41) is 5.19. The van der Waals surface area contributed by atoms with E-state index in [-0.39, 0.29) is 6.04 Å². The molecule has 130 valence electrons. The average molecular weight is 356 g/mol. The van der Waals surface area contributed by atoms with E-state index in [1.165, 1.54) is 5.71 Å². The molecule has 2 aliphatic rings. The van der Waals surface area contributed by atoms with Crippen molar-refractivity contribution >= 4 is 17.3 Å². The number of halogens is 1. The predicted molar refractivity (Wildman–Crippen MR) is 101 cm³/mol. The number of likely N-dealkylation sites (tertiary alicyclic amines) is 1. The molecular weight excluding hydrogens is 334 g/mol. The Labute approximate surface area is 153 Å². The molecule has 25 heavy (non-hydrogen) atoms. The first-order valence-corrected chi connectivity index (χ1v) is 9.05. The maximum Gasteiger partial charge on any atom is 0.138 e. The molecule has 4 rings (SSSR count). The summed E-state index contributed by atoms with van der Waals surface area (Å²) >= 11 is 6.48. The fourth-order valence-electron chi connectivity index (χ4n) is 3.57. The Morgan fingerprint density at radius 2 is 2.08 bits per heavy atom. The molecule has 2 aliphatic heterocycles. The molecule has 0 saturated carbocycles. The number of fused-ring (bicyclic) bond motifs is 1. The van der Waals surface area contributed by atoms with E-state index >= 15 is 0 Å². The van der Waals surface area contributed by atoms with Gasteiger partial charge in [0.15, 0.2) is 0 Å². The summed E-state index contributed by atoms with van der Waals surface area (Å²) < 4.78 is 5.87. The molecule has 0 radical (unpaired) electrons. The van der Waals surface area contributed by atoms with Crippen molar-refractivity contribution in [1.29, 1.82) is 0 Å². The molecule has 1 fully saturated rings. The third kappa shape index (κ3) is 3.51. The Hall–Kier alpha value is -2.04. The summed E-state index contributed by atoms with van der Waals surface area (Å²) in [7, 11) is 2.17. The van der Waals surface area contributed by atoms with Crippen molar-refractivity contribution in [2.24, 2.45) is 11.0 Å². The minimum absolute atomic E-state index is 0.193. The van der Waals surface area contributed by atoms with Gasteiger partial charge in [0, 0.05) is 31.1 Å². The van der Waals surface area contributed by atoms with E-state index in [0.717, 1.165) is 30.6 Å². The van der Waals surface area contributed by atoms with Crippen LogP contribution in [0.25, 0.3) is 0 Å². The molecule has 2 aromatic carbocycles. The highest BCUT2D eigenvalue weighted by Crippen LogP contribution is 2.35. The van der Waals surface area contributed by atoms with Gasteiger partial charge in [-0.25, -0.2) is 0 Å². The highest BCUT2D eigenvalue weighted by molar-refractivity contribution is 6.32. The topological polar surface area (TPSA) is 36.9 Å². The molecule has 2 unspecified atom stereocenters. The number of benzene rings is 2. The first-order chi connectivity index (χ1) is 12.2. The lowest BCUT2D eigenvalue weighted by Gasteiger charge is -2.31. The Balaban J connectivity index is 1.47. The Bertz CT molecular complexity index is 778. The van der Waals surface area contributed by atoms with Gasteiger partial charge in [-0.05, 0) is 30.3 Å². The lowest BCUT2D eigenvalue weighted by Crippen LogP contribution is -2.39. The molecule has 0 bridgehead atoms. The van der Waals surface area contributed by atoms with Gasteiger partial charge in [-0.15, -0.1) is 0 Å². The first kappa shape index (κ1) is 16.4. The van der Waals surface area contributed by atoms with Crippen LogP contribution in [0, 0.1) is 5.92 Å². The monoisotopic (exact) mass is 355 g/mol. The number of hydrogen-bond donors (Lipinski definition) is 1. The molecule has 0 amide bonds. The van der Waals surface area contributed by atoms with E-state index in [9.17, 15) is 0 Å². The van der Waals surface area contributed by atoms with E-state index in [4.69, 9.17) is 16.3 Å². The third-order valence-electron chi connectivity index (χ3n) is 4.99. The number of nitrogens with one attached hydrogen (secondary N) is 1. The second kappa shape index (κ2) is 7.06. The third-order valence-corrected chi connectivity index (χ3v) is 5.28. The van der Waals surface area contributed by atoms with E-state index < -0.39 is 0 Å². The summed E-state index contributed by atoms with van der Waals surface area (Å²) in [4.78, 5) is 2.36. The zero-order valence-corrected chi connectivity index (χ0v) is 15.0. The van der Waals surface area contributed by atoms with Crippen LogP contribution in [0.15, 0.2) is 53.6 Å². The lowest BCUT2D eigenvalue weighted by molar-refractivity contribution is 0.272.